The van der Waals surface area contributed by atoms with Gasteiger partial charge in [-0.25, -0.2) is 15.4 Å². The Morgan fingerprint density at radius 3 is 3.25 bits per heavy atom. The number of amides is 1. The van der Waals surface area contributed by atoms with E-state index in [-0.39, 0.29) is 18.9 Å². The van der Waals surface area contributed by atoms with Crippen LogP contribution in [0.25, 0.3) is 5.52 Å². The molecule has 0 saturated carbocycles. The fourth-order valence-corrected chi connectivity index (χ4v) is 1.16. The van der Waals surface area contributed by atoms with Gasteiger partial charge in [-0.3, -0.25) is 9.63 Å². The van der Waals surface area contributed by atoms with E-state index in [0.717, 1.165) is 5.52 Å². The molecular formula is C9H10N4O3. The number of aliphatic hydroxyl groups is 1. The number of hydrogen-bond donors (Lipinski definition) is 2. The van der Waals surface area contributed by atoms with Crippen LogP contribution >= 0.6 is 0 Å². The molecule has 0 aliphatic carbocycles. The zero-order chi connectivity index (χ0) is 11.4. The zero-order valence-electron chi connectivity index (χ0n) is 8.33. The second kappa shape index (κ2) is 4.69. The van der Waals surface area contributed by atoms with Crippen molar-refractivity contribution in [1.29, 1.82) is 0 Å². The molecule has 2 N–H and O–H groups in total. The molecule has 0 spiro atoms. The van der Waals surface area contributed by atoms with Crippen molar-refractivity contribution in [2.45, 2.75) is 0 Å². The van der Waals surface area contributed by atoms with Gasteiger partial charge in [-0.15, -0.1) is 0 Å². The van der Waals surface area contributed by atoms with Gasteiger partial charge in [-0.05, 0) is 0 Å². The Balaban J connectivity index is 2.10. The van der Waals surface area contributed by atoms with Gasteiger partial charge in [0.1, 0.15) is 5.69 Å². The van der Waals surface area contributed by atoms with Crippen molar-refractivity contribution in [3.05, 3.63) is 30.6 Å². The second-order valence-corrected chi connectivity index (χ2v) is 3.00. The number of nitrogens with zero attached hydrogens (tertiary/aromatic N) is 3. The van der Waals surface area contributed by atoms with Crippen LogP contribution in [0.2, 0.25) is 0 Å². The number of carbonyl (C=O) groups is 1. The van der Waals surface area contributed by atoms with Crippen LogP contribution in [0, 0.1) is 0 Å². The first-order valence-electron chi connectivity index (χ1n) is 4.62. The normalized spacial score (nSPS) is 10.6. The van der Waals surface area contributed by atoms with Gasteiger partial charge in [0.25, 0.3) is 5.91 Å². The molecule has 0 aliphatic rings. The molecule has 2 aromatic heterocycles. The first-order chi connectivity index (χ1) is 7.81. The average molecular weight is 222 g/mol. The molecule has 0 fully saturated rings. The summed E-state index contributed by atoms with van der Waals surface area (Å²) < 4.78 is 1.67. The van der Waals surface area contributed by atoms with Crippen LogP contribution in [-0.4, -0.2) is 38.6 Å². The topological polar surface area (TPSA) is 88.8 Å². The lowest BCUT2D eigenvalue weighted by Crippen LogP contribution is -2.26. The van der Waals surface area contributed by atoms with Gasteiger partial charge in [0.2, 0.25) is 0 Å². The molecular weight excluding hydrogens is 212 g/mol. The summed E-state index contributed by atoms with van der Waals surface area (Å²) in [6.45, 7) is -0.118. The summed E-state index contributed by atoms with van der Waals surface area (Å²) in [5.74, 6) is -0.468. The molecule has 0 bridgehead atoms. The summed E-state index contributed by atoms with van der Waals surface area (Å²) in [6, 6.07) is 0. The van der Waals surface area contributed by atoms with Crippen molar-refractivity contribution in [3.63, 3.8) is 0 Å². The highest BCUT2D eigenvalue weighted by atomic mass is 16.7. The second-order valence-electron chi connectivity index (χ2n) is 3.00. The number of hydrogen-bond acceptors (Lipinski definition) is 5. The van der Waals surface area contributed by atoms with Crippen LogP contribution in [0.3, 0.4) is 0 Å². The minimum absolute atomic E-state index is 0.0407. The Kier molecular flexibility index (Phi) is 3.08. The maximum absolute atomic E-state index is 11.5. The standard InChI is InChI=1S/C9H10N4O3/c14-1-2-16-12-9(15)8-5-13-6-10-3-7(13)4-11-8/h3-6,14H,1-2H2,(H,12,15). The SMILES string of the molecule is O=C(NOCCO)c1cn2cncc2cn1. The van der Waals surface area contributed by atoms with Crippen molar-refractivity contribution >= 4 is 11.4 Å². The van der Waals surface area contributed by atoms with Crippen molar-refractivity contribution < 1.29 is 14.7 Å². The molecule has 84 valence electrons. The van der Waals surface area contributed by atoms with Gasteiger partial charge in [-0.2, -0.15) is 0 Å². The summed E-state index contributed by atoms with van der Waals surface area (Å²) in [6.07, 6.45) is 6.28. The molecule has 7 nitrogen and oxygen atoms in total. The van der Waals surface area contributed by atoms with E-state index in [1.165, 1.54) is 6.20 Å². The minimum atomic E-state index is -0.468. The number of nitrogens with one attached hydrogen (secondary N) is 1. The highest BCUT2D eigenvalue weighted by Crippen LogP contribution is 2.01. The Bertz CT molecular complexity index is 496. The van der Waals surface area contributed by atoms with Gasteiger partial charge in [-0.1, -0.05) is 0 Å². The molecule has 0 aliphatic heterocycles. The first kappa shape index (κ1) is 10.5. The van der Waals surface area contributed by atoms with Crippen molar-refractivity contribution in [2.75, 3.05) is 13.2 Å². The van der Waals surface area contributed by atoms with Gasteiger partial charge >= 0.3 is 0 Å². The largest absolute Gasteiger partial charge is 0.394 e. The van der Waals surface area contributed by atoms with Crippen LogP contribution in [-0.2, 0) is 4.84 Å². The summed E-state index contributed by atoms with van der Waals surface area (Å²) in [5, 5.41) is 8.46. The van der Waals surface area contributed by atoms with Gasteiger partial charge in [0, 0.05) is 6.20 Å². The third kappa shape index (κ3) is 2.15. The first-order valence-corrected chi connectivity index (χ1v) is 4.62. The van der Waals surface area contributed by atoms with E-state index in [1.807, 2.05) is 0 Å². The van der Waals surface area contributed by atoms with Crippen molar-refractivity contribution in [1.82, 2.24) is 19.8 Å². The highest BCUT2D eigenvalue weighted by molar-refractivity contribution is 5.91. The molecule has 0 radical (unpaired) electrons. The van der Waals surface area contributed by atoms with E-state index >= 15 is 0 Å². The maximum atomic E-state index is 11.5. The van der Waals surface area contributed by atoms with E-state index in [9.17, 15) is 4.79 Å². The predicted molar refractivity (Wildman–Crippen MR) is 53.5 cm³/mol. The average Bonchev–Trinajstić information content (AvgIpc) is 2.76. The minimum Gasteiger partial charge on any atom is -0.394 e. The smallest absolute Gasteiger partial charge is 0.294 e. The van der Waals surface area contributed by atoms with Crippen LogP contribution in [0.4, 0.5) is 0 Å². The number of aliphatic hydroxyl groups excluding tert-OH is 1. The molecule has 1 amide bonds. The fraction of sp³-hybridized carbons (Fsp3) is 0.222. The third-order valence-electron chi connectivity index (χ3n) is 1.88. The number of imidazole rings is 1. The van der Waals surface area contributed by atoms with Gasteiger partial charge < -0.3 is 9.51 Å². The lowest BCUT2D eigenvalue weighted by molar-refractivity contribution is 0.0164. The van der Waals surface area contributed by atoms with Crippen LogP contribution in [0.1, 0.15) is 10.5 Å². The highest BCUT2D eigenvalue weighted by Gasteiger charge is 2.07. The molecule has 0 unspecified atom stereocenters. The molecule has 0 saturated heterocycles. The molecule has 0 aromatic carbocycles. The Hall–Kier alpha value is -1.99. The van der Waals surface area contributed by atoms with E-state index in [2.05, 4.69) is 20.3 Å². The summed E-state index contributed by atoms with van der Waals surface area (Å²) in [4.78, 5) is 24.0. The number of fused-ring (bicyclic) bond motifs is 1. The van der Waals surface area contributed by atoms with E-state index < -0.39 is 5.91 Å². The van der Waals surface area contributed by atoms with Crippen molar-refractivity contribution in [2.24, 2.45) is 0 Å². The number of rotatable bonds is 4. The summed E-state index contributed by atoms with van der Waals surface area (Å²) >= 11 is 0. The Labute approximate surface area is 90.7 Å². The Morgan fingerprint density at radius 2 is 2.44 bits per heavy atom. The quantitative estimate of drug-likeness (QED) is 0.531. The predicted octanol–water partition coefficient (Wildman–Crippen LogP) is -0.617. The molecule has 16 heavy (non-hydrogen) atoms. The monoisotopic (exact) mass is 222 g/mol. The van der Waals surface area contributed by atoms with Gasteiger partial charge in [0.15, 0.2) is 0 Å². The lowest BCUT2D eigenvalue weighted by atomic mass is 10.4. The number of hydroxylamine groups is 1. The third-order valence-corrected chi connectivity index (χ3v) is 1.88. The number of carbonyl (C=O) groups excluding carboxylic acids is 1. The molecule has 2 aromatic rings. The summed E-state index contributed by atoms with van der Waals surface area (Å²) in [7, 11) is 0. The van der Waals surface area contributed by atoms with Crippen LogP contribution in [0.15, 0.2) is 24.9 Å². The molecule has 0 atom stereocenters. The number of aromatic nitrogens is 3. The molecule has 2 heterocycles. The maximum Gasteiger partial charge on any atom is 0.294 e. The van der Waals surface area contributed by atoms with Crippen LogP contribution in [0.5, 0.6) is 0 Å². The van der Waals surface area contributed by atoms with E-state index in [0.29, 0.717) is 0 Å². The summed E-state index contributed by atoms with van der Waals surface area (Å²) in [5.41, 5.74) is 3.17. The van der Waals surface area contributed by atoms with Gasteiger partial charge in [0.05, 0.1) is 37.5 Å². The Morgan fingerprint density at radius 1 is 1.56 bits per heavy atom. The van der Waals surface area contributed by atoms with E-state index in [4.69, 9.17) is 5.11 Å². The zero-order valence-corrected chi connectivity index (χ0v) is 8.33. The van der Waals surface area contributed by atoms with Crippen LogP contribution < -0.4 is 5.48 Å². The van der Waals surface area contributed by atoms with Crippen molar-refractivity contribution in [3.8, 4) is 0 Å². The molecule has 7 heteroatoms. The molecule has 2 rings (SSSR count). The van der Waals surface area contributed by atoms with E-state index in [1.54, 1.807) is 23.1 Å². The fourth-order valence-electron chi connectivity index (χ4n) is 1.16. The lowest BCUT2D eigenvalue weighted by Gasteiger charge is -2.03.